The van der Waals surface area contributed by atoms with Gasteiger partial charge in [0.15, 0.2) is 5.78 Å². The highest BCUT2D eigenvalue weighted by atomic mass is 16.6. The predicted molar refractivity (Wildman–Crippen MR) is 102 cm³/mol. The first-order valence-corrected chi connectivity index (χ1v) is 8.69. The van der Waals surface area contributed by atoms with Crippen molar-refractivity contribution in [3.05, 3.63) is 59.8 Å². The number of rotatable bonds is 4. The van der Waals surface area contributed by atoms with E-state index in [4.69, 9.17) is 9.47 Å². The molecular formula is C21H22N2O4. The molecule has 0 bridgehead atoms. The first-order chi connectivity index (χ1) is 12.8. The topological polar surface area (TPSA) is 70.4 Å². The largest absolute Gasteiger partial charge is 0.488 e. The summed E-state index contributed by atoms with van der Waals surface area (Å²) in [6.07, 6.45) is -0.639. The molecule has 3 aromatic rings. The summed E-state index contributed by atoms with van der Waals surface area (Å²) in [4.78, 5) is 24.7. The van der Waals surface area contributed by atoms with Gasteiger partial charge in [0.05, 0.1) is 10.9 Å². The number of hydrogen-bond acceptors (Lipinski definition) is 5. The highest BCUT2D eigenvalue weighted by molar-refractivity contribution is 6.08. The van der Waals surface area contributed by atoms with E-state index in [1.54, 1.807) is 39.0 Å². The van der Waals surface area contributed by atoms with Crippen molar-refractivity contribution in [2.45, 2.75) is 39.9 Å². The second kappa shape index (κ2) is 7.23. The maximum Gasteiger partial charge on any atom is 0.435 e. The van der Waals surface area contributed by atoms with E-state index in [1.807, 2.05) is 30.3 Å². The van der Waals surface area contributed by atoms with E-state index in [1.165, 1.54) is 6.92 Å². The average Bonchev–Trinajstić information content (AvgIpc) is 3.00. The number of benzene rings is 2. The lowest BCUT2D eigenvalue weighted by Gasteiger charge is -2.19. The molecule has 0 spiro atoms. The quantitative estimate of drug-likeness (QED) is 0.631. The fourth-order valence-corrected chi connectivity index (χ4v) is 2.68. The van der Waals surface area contributed by atoms with E-state index in [-0.39, 0.29) is 11.5 Å². The Balaban J connectivity index is 2.03. The van der Waals surface area contributed by atoms with Crippen LogP contribution < -0.4 is 4.74 Å². The molecule has 0 aliphatic heterocycles. The highest BCUT2D eigenvalue weighted by Gasteiger charge is 2.25. The smallest absolute Gasteiger partial charge is 0.435 e. The molecule has 140 valence electrons. The molecule has 1 aromatic heterocycles. The Kier molecular flexibility index (Phi) is 4.99. The van der Waals surface area contributed by atoms with Crippen LogP contribution in [0.15, 0.2) is 48.5 Å². The SMILES string of the molecule is CC(=O)c1nn(C(=O)OC(C)(C)C)c2cccc(OCc3ccccc3)c12. The normalized spacial score (nSPS) is 11.4. The van der Waals surface area contributed by atoms with Gasteiger partial charge in [-0.1, -0.05) is 36.4 Å². The zero-order chi connectivity index (χ0) is 19.6. The zero-order valence-electron chi connectivity index (χ0n) is 15.9. The number of aromatic nitrogens is 2. The summed E-state index contributed by atoms with van der Waals surface area (Å²) < 4.78 is 12.5. The van der Waals surface area contributed by atoms with Gasteiger partial charge in [0.25, 0.3) is 0 Å². The molecule has 6 heteroatoms. The Hall–Kier alpha value is -3.15. The van der Waals surface area contributed by atoms with Gasteiger partial charge in [0.2, 0.25) is 0 Å². The predicted octanol–water partition coefficient (Wildman–Crippen LogP) is 4.60. The van der Waals surface area contributed by atoms with Crippen LogP contribution in [0, 0.1) is 0 Å². The molecule has 0 saturated heterocycles. The second-order valence-corrected chi connectivity index (χ2v) is 7.22. The Labute approximate surface area is 157 Å². The molecule has 1 heterocycles. The third-order valence-electron chi connectivity index (χ3n) is 3.81. The number of ether oxygens (including phenoxy) is 2. The monoisotopic (exact) mass is 366 g/mol. The molecule has 6 nitrogen and oxygen atoms in total. The van der Waals surface area contributed by atoms with Gasteiger partial charge in [-0.25, -0.2) is 4.79 Å². The summed E-state index contributed by atoms with van der Waals surface area (Å²) in [5.41, 5.74) is 0.977. The molecule has 0 unspecified atom stereocenters. The van der Waals surface area contributed by atoms with Gasteiger partial charge >= 0.3 is 6.09 Å². The molecule has 0 fully saturated rings. The summed E-state index contributed by atoms with van der Waals surface area (Å²) in [5, 5.41) is 4.71. The molecule has 27 heavy (non-hydrogen) atoms. The van der Waals surface area contributed by atoms with Crippen LogP contribution in [0.2, 0.25) is 0 Å². The minimum Gasteiger partial charge on any atom is -0.488 e. The Morgan fingerprint density at radius 1 is 1.04 bits per heavy atom. The maximum absolute atomic E-state index is 12.5. The number of ketones is 1. The number of fused-ring (bicyclic) bond motifs is 1. The van der Waals surface area contributed by atoms with E-state index in [0.29, 0.717) is 23.3 Å². The molecule has 0 N–H and O–H groups in total. The van der Waals surface area contributed by atoms with E-state index in [0.717, 1.165) is 10.2 Å². The third kappa shape index (κ3) is 4.16. The van der Waals surface area contributed by atoms with E-state index in [2.05, 4.69) is 5.10 Å². The first kappa shape index (κ1) is 18.6. The number of carbonyl (C=O) groups is 2. The molecule has 0 atom stereocenters. The zero-order valence-corrected chi connectivity index (χ0v) is 15.9. The van der Waals surface area contributed by atoms with Crippen molar-refractivity contribution in [3.8, 4) is 5.75 Å². The number of carbonyl (C=O) groups excluding carboxylic acids is 2. The lowest BCUT2D eigenvalue weighted by molar-refractivity contribution is 0.0522. The Morgan fingerprint density at radius 2 is 1.74 bits per heavy atom. The van der Waals surface area contributed by atoms with Crippen molar-refractivity contribution < 1.29 is 19.1 Å². The first-order valence-electron chi connectivity index (χ1n) is 8.69. The summed E-state index contributed by atoms with van der Waals surface area (Å²) >= 11 is 0. The summed E-state index contributed by atoms with van der Waals surface area (Å²) in [6, 6.07) is 14.9. The van der Waals surface area contributed by atoms with Crippen LogP contribution in [0.1, 0.15) is 43.7 Å². The van der Waals surface area contributed by atoms with E-state index in [9.17, 15) is 9.59 Å². The van der Waals surface area contributed by atoms with Crippen molar-refractivity contribution in [1.82, 2.24) is 9.78 Å². The van der Waals surface area contributed by atoms with Gasteiger partial charge in [-0.15, -0.1) is 0 Å². The summed E-state index contributed by atoms with van der Waals surface area (Å²) in [7, 11) is 0. The molecule has 3 rings (SSSR count). The van der Waals surface area contributed by atoms with Crippen LogP contribution in [0.25, 0.3) is 10.9 Å². The lowest BCUT2D eigenvalue weighted by Crippen LogP contribution is -2.27. The Morgan fingerprint density at radius 3 is 2.37 bits per heavy atom. The fourth-order valence-electron chi connectivity index (χ4n) is 2.68. The minimum absolute atomic E-state index is 0.180. The van der Waals surface area contributed by atoms with Crippen LogP contribution >= 0.6 is 0 Å². The maximum atomic E-state index is 12.5. The van der Waals surface area contributed by atoms with Gasteiger partial charge in [-0.3, -0.25) is 4.79 Å². The van der Waals surface area contributed by atoms with Crippen LogP contribution in [0.3, 0.4) is 0 Å². The van der Waals surface area contributed by atoms with Crippen molar-refractivity contribution >= 4 is 22.8 Å². The fraction of sp³-hybridized carbons (Fsp3) is 0.286. The van der Waals surface area contributed by atoms with Gasteiger partial charge in [-0.05, 0) is 38.5 Å². The van der Waals surface area contributed by atoms with Crippen molar-refractivity contribution in [2.24, 2.45) is 0 Å². The van der Waals surface area contributed by atoms with Gasteiger partial charge in [-0.2, -0.15) is 9.78 Å². The van der Waals surface area contributed by atoms with Crippen molar-refractivity contribution in [3.63, 3.8) is 0 Å². The van der Waals surface area contributed by atoms with Crippen LogP contribution in [0.4, 0.5) is 4.79 Å². The molecule has 0 saturated carbocycles. The standard InChI is InChI=1S/C21H22N2O4/c1-14(24)19-18-16(23(22-19)20(25)27-21(2,3)4)11-8-12-17(18)26-13-15-9-6-5-7-10-15/h5-12H,13H2,1-4H3. The number of Topliss-reactive ketones (excluding diaryl/α,β-unsaturated/α-hetero) is 1. The van der Waals surface area contributed by atoms with Gasteiger partial charge < -0.3 is 9.47 Å². The molecule has 0 radical (unpaired) electrons. The van der Waals surface area contributed by atoms with Crippen molar-refractivity contribution in [2.75, 3.05) is 0 Å². The van der Waals surface area contributed by atoms with Gasteiger partial charge in [0, 0.05) is 6.92 Å². The van der Waals surface area contributed by atoms with Crippen LogP contribution in [-0.2, 0) is 11.3 Å². The minimum atomic E-state index is -0.673. The molecule has 0 aliphatic rings. The molecule has 0 aliphatic carbocycles. The number of nitrogens with zero attached hydrogens (tertiary/aromatic N) is 2. The molecule has 2 aromatic carbocycles. The second-order valence-electron chi connectivity index (χ2n) is 7.22. The van der Waals surface area contributed by atoms with Crippen LogP contribution in [-0.4, -0.2) is 27.3 Å². The Bertz CT molecular complexity index is 985. The van der Waals surface area contributed by atoms with Crippen LogP contribution in [0.5, 0.6) is 5.75 Å². The lowest BCUT2D eigenvalue weighted by atomic mass is 10.1. The van der Waals surface area contributed by atoms with E-state index >= 15 is 0 Å². The third-order valence-corrected chi connectivity index (χ3v) is 3.81. The summed E-state index contributed by atoms with van der Waals surface area (Å²) in [6.45, 7) is 7.08. The summed E-state index contributed by atoms with van der Waals surface area (Å²) in [5.74, 6) is 0.245. The van der Waals surface area contributed by atoms with Crippen molar-refractivity contribution in [1.29, 1.82) is 0 Å². The van der Waals surface area contributed by atoms with Gasteiger partial charge in [0.1, 0.15) is 23.7 Å². The number of hydrogen-bond donors (Lipinski definition) is 0. The average molecular weight is 366 g/mol. The molecular weight excluding hydrogens is 344 g/mol. The van der Waals surface area contributed by atoms with E-state index < -0.39 is 11.7 Å². The molecule has 0 amide bonds. The highest BCUT2D eigenvalue weighted by Crippen LogP contribution is 2.30.